The van der Waals surface area contributed by atoms with E-state index in [1.54, 1.807) is 0 Å². The third-order valence-electron chi connectivity index (χ3n) is 6.43. The Hall–Kier alpha value is -3.31. The van der Waals surface area contributed by atoms with Crippen LogP contribution in [0.15, 0.2) is 77.3 Å². The largest absolute Gasteiger partial charge is 0.354 e. The summed E-state index contributed by atoms with van der Waals surface area (Å²) in [6, 6.07) is 18.9. The van der Waals surface area contributed by atoms with Crippen molar-refractivity contribution >= 4 is 43.5 Å². The van der Waals surface area contributed by atoms with Gasteiger partial charge in [0.2, 0.25) is 21.8 Å². The lowest BCUT2D eigenvalue weighted by molar-refractivity contribution is -0.141. The van der Waals surface area contributed by atoms with Crippen LogP contribution in [-0.4, -0.2) is 50.5 Å². The number of hydrogen-bond acceptors (Lipinski definition) is 4. The van der Waals surface area contributed by atoms with Crippen molar-refractivity contribution in [2.45, 2.75) is 45.2 Å². The van der Waals surface area contributed by atoms with Gasteiger partial charge < -0.3 is 10.2 Å². The van der Waals surface area contributed by atoms with Crippen LogP contribution >= 0.6 is 15.9 Å². The Morgan fingerprint density at radius 3 is 2.24 bits per heavy atom. The van der Waals surface area contributed by atoms with E-state index in [-0.39, 0.29) is 43.4 Å². The average Bonchev–Trinajstić information content (AvgIpc) is 2.94. The molecule has 41 heavy (non-hydrogen) atoms. The predicted octanol–water partition coefficient (Wildman–Crippen LogP) is 5.44. The highest BCUT2D eigenvalue weighted by molar-refractivity contribution is 9.10. The van der Waals surface area contributed by atoms with Crippen molar-refractivity contribution in [3.63, 3.8) is 0 Å². The zero-order chi connectivity index (χ0) is 30.0. The van der Waals surface area contributed by atoms with Gasteiger partial charge in [0.25, 0.3) is 0 Å². The summed E-state index contributed by atoms with van der Waals surface area (Å²) in [5, 5.41) is 2.91. The first-order valence-electron chi connectivity index (χ1n) is 13.3. The Balaban J connectivity index is 1.87. The van der Waals surface area contributed by atoms with E-state index in [0.29, 0.717) is 13.0 Å². The lowest BCUT2D eigenvalue weighted by Crippen LogP contribution is -2.50. The normalized spacial score (nSPS) is 12.0. The smallest absolute Gasteiger partial charge is 0.243 e. The van der Waals surface area contributed by atoms with Gasteiger partial charge in [-0.1, -0.05) is 65.3 Å². The molecule has 0 spiro atoms. The van der Waals surface area contributed by atoms with Gasteiger partial charge in [0.05, 0.1) is 11.9 Å². The molecule has 220 valence electrons. The lowest BCUT2D eigenvalue weighted by atomic mass is 10.0. The van der Waals surface area contributed by atoms with Crippen molar-refractivity contribution in [1.82, 2.24) is 10.2 Å². The second-order valence-electron chi connectivity index (χ2n) is 9.68. The second kappa shape index (κ2) is 15.1. The summed E-state index contributed by atoms with van der Waals surface area (Å²) in [5.74, 6) is -2.87. The molecule has 1 N–H and O–H groups in total. The summed E-state index contributed by atoms with van der Waals surface area (Å²) in [6.45, 7) is 2.44. The van der Waals surface area contributed by atoms with E-state index in [1.165, 1.54) is 11.0 Å². The SMILES string of the molecule is CCCNC(=O)[C@@H](Cc1ccccc1)N(Cc1ccc(Br)cc1)C(=O)CCCN(c1ccc(F)c(F)c1)S(C)(=O)=O. The summed E-state index contributed by atoms with van der Waals surface area (Å²) in [7, 11) is -3.85. The number of nitrogens with zero attached hydrogens (tertiary/aromatic N) is 2. The first-order chi connectivity index (χ1) is 19.5. The molecule has 1 atom stereocenters. The number of anilines is 1. The number of amides is 2. The van der Waals surface area contributed by atoms with Gasteiger partial charge in [0.15, 0.2) is 11.6 Å². The van der Waals surface area contributed by atoms with Crippen LogP contribution in [0.3, 0.4) is 0 Å². The first kappa shape index (κ1) is 32.2. The number of halogens is 3. The van der Waals surface area contributed by atoms with Crippen molar-refractivity contribution in [3.05, 3.63) is 100 Å². The van der Waals surface area contributed by atoms with Crippen molar-refractivity contribution in [2.75, 3.05) is 23.7 Å². The number of sulfonamides is 1. The highest BCUT2D eigenvalue weighted by Gasteiger charge is 2.30. The maximum Gasteiger partial charge on any atom is 0.243 e. The average molecular weight is 651 g/mol. The number of nitrogens with one attached hydrogen (secondary N) is 1. The molecule has 3 aromatic carbocycles. The summed E-state index contributed by atoms with van der Waals surface area (Å²) < 4.78 is 54.0. The van der Waals surface area contributed by atoms with Gasteiger partial charge >= 0.3 is 0 Å². The topological polar surface area (TPSA) is 86.8 Å². The monoisotopic (exact) mass is 649 g/mol. The summed E-state index contributed by atoms with van der Waals surface area (Å²) >= 11 is 3.41. The molecule has 0 saturated heterocycles. The number of hydrogen-bond donors (Lipinski definition) is 1. The summed E-state index contributed by atoms with van der Waals surface area (Å²) in [6.07, 6.45) is 2.01. The van der Waals surface area contributed by atoms with E-state index in [1.807, 2.05) is 61.5 Å². The Morgan fingerprint density at radius 1 is 0.951 bits per heavy atom. The van der Waals surface area contributed by atoms with Gasteiger partial charge in [-0.2, -0.15) is 0 Å². The highest BCUT2D eigenvalue weighted by Crippen LogP contribution is 2.22. The molecular formula is C30H34BrF2N3O4S. The van der Waals surface area contributed by atoms with E-state index in [2.05, 4.69) is 21.2 Å². The van der Waals surface area contributed by atoms with E-state index >= 15 is 0 Å². The molecule has 11 heteroatoms. The maximum absolute atomic E-state index is 13.8. The Morgan fingerprint density at radius 2 is 1.63 bits per heavy atom. The molecule has 0 fully saturated rings. The second-order valence-corrected chi connectivity index (χ2v) is 12.5. The van der Waals surface area contributed by atoms with Gasteiger partial charge in [0, 0.05) is 43.0 Å². The van der Waals surface area contributed by atoms with Crippen LogP contribution in [-0.2, 0) is 32.6 Å². The first-order valence-corrected chi connectivity index (χ1v) is 15.9. The van der Waals surface area contributed by atoms with Gasteiger partial charge in [-0.25, -0.2) is 17.2 Å². The van der Waals surface area contributed by atoms with Crippen molar-refractivity contribution in [1.29, 1.82) is 0 Å². The predicted molar refractivity (Wildman–Crippen MR) is 160 cm³/mol. The number of carbonyl (C=O) groups is 2. The number of rotatable bonds is 14. The number of benzene rings is 3. The van der Waals surface area contributed by atoms with E-state index in [4.69, 9.17) is 0 Å². The van der Waals surface area contributed by atoms with Crippen molar-refractivity contribution < 1.29 is 26.8 Å². The van der Waals surface area contributed by atoms with Crippen molar-refractivity contribution in [3.8, 4) is 0 Å². The standard InChI is InChI=1S/C30H34BrF2N3O4S/c1-3-17-34-30(38)28(19-22-8-5-4-6-9-22)35(21-23-11-13-24(31)14-12-23)29(37)10-7-18-36(41(2,39)40)25-15-16-26(32)27(33)20-25/h4-6,8-9,11-16,20,28H,3,7,10,17-19,21H2,1-2H3,(H,34,38)/t28-/m1/s1. The molecule has 0 saturated carbocycles. The summed E-state index contributed by atoms with van der Waals surface area (Å²) in [4.78, 5) is 28.7. The molecule has 0 aliphatic rings. The minimum Gasteiger partial charge on any atom is -0.354 e. The Bertz CT molecular complexity index is 1420. The third kappa shape index (κ3) is 9.64. The van der Waals surface area contributed by atoms with Crippen LogP contribution in [0.25, 0.3) is 0 Å². The Kier molecular flexibility index (Phi) is 11.8. The van der Waals surface area contributed by atoms with Crippen LogP contribution < -0.4 is 9.62 Å². The molecular weight excluding hydrogens is 616 g/mol. The van der Waals surface area contributed by atoms with Gasteiger partial charge in [0.1, 0.15) is 6.04 Å². The zero-order valence-corrected chi connectivity index (χ0v) is 25.4. The molecule has 0 aromatic heterocycles. The molecule has 3 aromatic rings. The van der Waals surface area contributed by atoms with Crippen LogP contribution in [0.1, 0.15) is 37.3 Å². The molecule has 0 unspecified atom stereocenters. The van der Waals surface area contributed by atoms with Crippen LogP contribution in [0, 0.1) is 11.6 Å². The molecule has 7 nitrogen and oxygen atoms in total. The fourth-order valence-corrected chi connectivity index (χ4v) is 5.57. The molecule has 0 heterocycles. The van der Waals surface area contributed by atoms with Crippen LogP contribution in [0.5, 0.6) is 0 Å². The fraction of sp³-hybridized carbons (Fsp3) is 0.333. The Labute approximate surface area is 248 Å². The zero-order valence-electron chi connectivity index (χ0n) is 23.0. The van der Waals surface area contributed by atoms with Crippen LogP contribution in [0.2, 0.25) is 0 Å². The lowest BCUT2D eigenvalue weighted by Gasteiger charge is -2.32. The quantitative estimate of drug-likeness (QED) is 0.252. The molecule has 3 rings (SSSR count). The number of carbonyl (C=O) groups excluding carboxylic acids is 2. The molecule has 0 aliphatic carbocycles. The van der Waals surface area contributed by atoms with Gasteiger partial charge in [-0.3, -0.25) is 13.9 Å². The van der Waals surface area contributed by atoms with Gasteiger partial charge in [-0.15, -0.1) is 0 Å². The van der Waals surface area contributed by atoms with Crippen LogP contribution in [0.4, 0.5) is 14.5 Å². The summed E-state index contributed by atoms with van der Waals surface area (Å²) in [5.41, 5.74) is 1.67. The van der Waals surface area contributed by atoms with Gasteiger partial charge in [-0.05, 0) is 48.2 Å². The minimum atomic E-state index is -3.85. The highest BCUT2D eigenvalue weighted by atomic mass is 79.9. The fourth-order valence-electron chi connectivity index (χ4n) is 4.35. The minimum absolute atomic E-state index is 0.0357. The molecule has 0 aliphatic heterocycles. The third-order valence-corrected chi connectivity index (χ3v) is 8.15. The molecule has 0 bridgehead atoms. The molecule has 0 radical (unpaired) electrons. The van der Waals surface area contributed by atoms with E-state index < -0.39 is 27.7 Å². The maximum atomic E-state index is 13.8. The van der Waals surface area contributed by atoms with E-state index in [9.17, 15) is 26.8 Å². The van der Waals surface area contributed by atoms with E-state index in [0.717, 1.165) is 44.7 Å². The molecule has 2 amide bonds. The van der Waals surface area contributed by atoms with Crippen molar-refractivity contribution in [2.24, 2.45) is 0 Å².